The van der Waals surface area contributed by atoms with Crippen molar-refractivity contribution in [2.75, 3.05) is 6.61 Å². The summed E-state index contributed by atoms with van der Waals surface area (Å²) in [5, 5.41) is 8.36. The van der Waals surface area contributed by atoms with Gasteiger partial charge in [-0.2, -0.15) is 0 Å². The summed E-state index contributed by atoms with van der Waals surface area (Å²) < 4.78 is 62.8. The third kappa shape index (κ3) is 11.8. The Kier molecular flexibility index (Phi) is 18.3. The smallest absolute Gasteiger partial charge is 0.338 e. The molecular formula is C46H70Cl3NO12. The van der Waals surface area contributed by atoms with E-state index >= 15 is 0 Å². The first kappa shape index (κ1) is 51.2. The van der Waals surface area contributed by atoms with E-state index in [1.165, 1.54) is 6.92 Å². The predicted molar refractivity (Wildman–Crippen MR) is 235 cm³/mol. The van der Waals surface area contributed by atoms with Crippen LogP contribution in [0.1, 0.15) is 113 Å². The standard InChI is InChI=1S/C46H70Cl3NO12/c1-13-32-22(4)26(8)36(60-43-39(28(10)24(6)34(15-3)57-43)61-42-37(54-30(12)51)27(9)23(5)33(14-2)56-42)41(55-32)53-21-35-25(7)29(11)38(44(58-35)62-45(50)46(47,48)49)59-40(52)31-19-17-16-18-20-31/h16-20,22-29,32-39,41-44,50H,13-15,21H2,1-12H3/t22-,23-,24-,25-,26+,27+,28+,29+,32?,33?,34?,35?,36?,37?,38?,39?,41-,42+,43+,44+/m1/s1. The van der Waals surface area contributed by atoms with Crippen LogP contribution in [0.3, 0.4) is 0 Å². The van der Waals surface area contributed by atoms with Crippen LogP contribution < -0.4 is 0 Å². The molecule has 13 nitrogen and oxygen atoms in total. The van der Waals surface area contributed by atoms with Crippen LogP contribution >= 0.6 is 34.8 Å². The van der Waals surface area contributed by atoms with Crippen molar-refractivity contribution >= 4 is 52.6 Å². The minimum Gasteiger partial charge on any atom is -0.457 e. The Morgan fingerprint density at radius 3 is 1.44 bits per heavy atom. The van der Waals surface area contributed by atoms with Crippen LogP contribution in [0.5, 0.6) is 0 Å². The summed E-state index contributed by atoms with van der Waals surface area (Å²) >= 11 is 18.1. The molecule has 20 atom stereocenters. The van der Waals surface area contributed by atoms with Gasteiger partial charge in [0.15, 0.2) is 31.1 Å². The molecule has 4 aliphatic heterocycles. The molecule has 0 saturated carbocycles. The molecule has 62 heavy (non-hydrogen) atoms. The summed E-state index contributed by atoms with van der Waals surface area (Å²) in [6, 6.07) is 8.56. The Hall–Kier alpha value is -1.78. The first-order valence-electron chi connectivity index (χ1n) is 22.5. The lowest BCUT2D eigenvalue weighted by molar-refractivity contribution is -0.375. The van der Waals surface area contributed by atoms with E-state index in [2.05, 4.69) is 62.3 Å². The number of benzene rings is 1. The number of alkyl halides is 3. The molecular weight excluding hydrogens is 865 g/mol. The number of halogens is 3. The van der Waals surface area contributed by atoms with Gasteiger partial charge in [0.05, 0.1) is 36.6 Å². The highest BCUT2D eigenvalue weighted by molar-refractivity contribution is 6.76. The van der Waals surface area contributed by atoms with Crippen LogP contribution in [0.2, 0.25) is 0 Å². The molecule has 0 bridgehead atoms. The van der Waals surface area contributed by atoms with Gasteiger partial charge in [-0.05, 0) is 66.9 Å². The highest BCUT2D eigenvalue weighted by atomic mass is 35.6. The molecule has 0 amide bonds. The quantitative estimate of drug-likeness (QED) is 0.0819. The van der Waals surface area contributed by atoms with E-state index in [1.807, 2.05) is 13.8 Å². The summed E-state index contributed by atoms with van der Waals surface area (Å²) in [5.41, 5.74) is 0.343. The number of esters is 2. The van der Waals surface area contributed by atoms with Crippen molar-refractivity contribution in [1.82, 2.24) is 0 Å². The third-order valence-corrected chi connectivity index (χ3v) is 14.8. The fraction of sp³-hybridized carbons (Fsp3) is 0.804. The average Bonchev–Trinajstić information content (AvgIpc) is 3.23. The maximum absolute atomic E-state index is 13.3. The van der Waals surface area contributed by atoms with E-state index < -0.39 is 77.3 Å². The van der Waals surface area contributed by atoms with Crippen LogP contribution in [0, 0.1) is 52.8 Å². The fourth-order valence-electron chi connectivity index (χ4n) is 9.42. The number of rotatable bonds is 14. The summed E-state index contributed by atoms with van der Waals surface area (Å²) in [6.45, 7) is 24.4. The molecule has 0 spiro atoms. The number of carbonyl (C=O) groups is 2. The minimum atomic E-state index is -2.19. The van der Waals surface area contributed by atoms with Crippen LogP contribution in [0.15, 0.2) is 30.3 Å². The second-order valence-corrected chi connectivity index (χ2v) is 20.3. The SMILES string of the molecule is CCC1O[C@@H](OCC2O[C@@H](OC(=N)C(Cl)(Cl)Cl)C(OC(=O)c3ccccc3)[C@@H](C)[C@H]2C)C(O[C@@H]2OC(CC)[C@H](C)[C@H](C)C2O[C@@H]2OC(CC)[C@H](C)[C@H](C)C2OC(C)=O)[C@@H](C)[C@H]1C. The summed E-state index contributed by atoms with van der Waals surface area (Å²) in [5.74, 6) is -1.98. The Morgan fingerprint density at radius 1 is 0.565 bits per heavy atom. The van der Waals surface area contributed by atoms with Gasteiger partial charge in [-0.3, -0.25) is 10.2 Å². The van der Waals surface area contributed by atoms with Crippen molar-refractivity contribution in [3.63, 3.8) is 0 Å². The molecule has 0 aliphatic carbocycles. The molecule has 16 heteroatoms. The lowest BCUT2D eigenvalue weighted by atomic mass is 9.80. The Morgan fingerprint density at radius 2 is 0.968 bits per heavy atom. The highest BCUT2D eigenvalue weighted by Gasteiger charge is 2.53. The van der Waals surface area contributed by atoms with E-state index in [4.69, 9.17) is 87.6 Å². The molecule has 1 aromatic carbocycles. The predicted octanol–water partition coefficient (Wildman–Crippen LogP) is 9.51. The highest BCUT2D eigenvalue weighted by Crippen LogP contribution is 2.43. The first-order valence-corrected chi connectivity index (χ1v) is 23.6. The molecule has 0 aromatic heterocycles. The third-order valence-electron chi connectivity index (χ3n) is 14.3. The van der Waals surface area contributed by atoms with Gasteiger partial charge < -0.3 is 47.4 Å². The normalized spacial score (nSPS) is 41.5. The molecule has 1 N–H and O–H groups in total. The average molecular weight is 935 g/mol. The molecule has 5 rings (SSSR count). The van der Waals surface area contributed by atoms with Crippen molar-refractivity contribution in [2.45, 2.75) is 180 Å². The lowest BCUT2D eigenvalue weighted by Crippen LogP contribution is -2.60. The molecule has 4 fully saturated rings. The monoisotopic (exact) mass is 933 g/mol. The van der Waals surface area contributed by atoms with Crippen LogP contribution in [0.25, 0.3) is 0 Å². The molecule has 4 saturated heterocycles. The zero-order chi connectivity index (χ0) is 45.8. The zero-order valence-corrected chi connectivity index (χ0v) is 40.6. The Bertz CT molecular complexity index is 1620. The molecule has 1 aromatic rings. The van der Waals surface area contributed by atoms with Gasteiger partial charge >= 0.3 is 11.9 Å². The van der Waals surface area contributed by atoms with Gasteiger partial charge in [-0.25, -0.2) is 4.79 Å². The number of nitrogens with one attached hydrogen (secondary N) is 1. The minimum absolute atomic E-state index is 0.0183. The molecule has 352 valence electrons. The number of hydrogen-bond donors (Lipinski definition) is 1. The maximum atomic E-state index is 13.3. The largest absolute Gasteiger partial charge is 0.457 e. The van der Waals surface area contributed by atoms with E-state index in [9.17, 15) is 9.59 Å². The van der Waals surface area contributed by atoms with Crippen molar-refractivity contribution in [2.24, 2.45) is 47.3 Å². The van der Waals surface area contributed by atoms with Gasteiger partial charge in [0, 0.05) is 18.8 Å². The lowest BCUT2D eigenvalue weighted by Gasteiger charge is -2.51. The van der Waals surface area contributed by atoms with Crippen molar-refractivity contribution in [3.05, 3.63) is 35.9 Å². The topological polar surface area (TPSA) is 150 Å². The van der Waals surface area contributed by atoms with Gasteiger partial charge in [0.2, 0.25) is 12.2 Å². The zero-order valence-electron chi connectivity index (χ0n) is 38.3. The molecule has 8 unspecified atom stereocenters. The summed E-state index contributed by atoms with van der Waals surface area (Å²) in [4.78, 5) is 25.7. The van der Waals surface area contributed by atoms with E-state index in [0.717, 1.165) is 19.3 Å². The fourth-order valence-corrected chi connectivity index (χ4v) is 9.56. The summed E-state index contributed by atoms with van der Waals surface area (Å²) in [6.07, 6.45) is -5.28. The first-order chi connectivity index (χ1) is 29.2. The van der Waals surface area contributed by atoms with Gasteiger partial charge in [-0.15, -0.1) is 0 Å². The van der Waals surface area contributed by atoms with E-state index in [0.29, 0.717) is 5.56 Å². The Balaban J connectivity index is 1.40. The molecule has 0 radical (unpaired) electrons. The van der Waals surface area contributed by atoms with E-state index in [-0.39, 0.29) is 72.3 Å². The number of ether oxygens (including phenoxy) is 10. The Labute approximate surface area is 383 Å². The number of hydrogen-bond acceptors (Lipinski definition) is 13. The van der Waals surface area contributed by atoms with Gasteiger partial charge in [0.1, 0.15) is 12.2 Å². The van der Waals surface area contributed by atoms with E-state index in [1.54, 1.807) is 30.3 Å². The van der Waals surface area contributed by atoms with Crippen molar-refractivity contribution in [3.8, 4) is 0 Å². The second kappa shape index (κ2) is 22.1. The number of carbonyl (C=O) groups excluding carboxylic acids is 2. The second-order valence-electron chi connectivity index (χ2n) is 18.1. The van der Waals surface area contributed by atoms with Crippen molar-refractivity contribution < 1.29 is 57.0 Å². The van der Waals surface area contributed by atoms with Crippen molar-refractivity contribution in [1.29, 1.82) is 5.41 Å². The molecule has 4 heterocycles. The van der Waals surface area contributed by atoms with Crippen LogP contribution in [0.4, 0.5) is 0 Å². The van der Waals surface area contributed by atoms with Gasteiger partial charge in [0.25, 0.3) is 3.79 Å². The van der Waals surface area contributed by atoms with Gasteiger partial charge in [-0.1, -0.05) is 129 Å². The summed E-state index contributed by atoms with van der Waals surface area (Å²) in [7, 11) is 0. The maximum Gasteiger partial charge on any atom is 0.338 e. The van der Waals surface area contributed by atoms with Crippen LogP contribution in [-0.4, -0.2) is 102 Å². The molecule has 4 aliphatic rings. The van der Waals surface area contributed by atoms with Crippen LogP contribution in [-0.2, 0) is 52.2 Å².